The number of carboxylic acids is 1. The number of hydrogen-bond acceptors (Lipinski definition) is 11. The van der Waals surface area contributed by atoms with Gasteiger partial charge in [0.1, 0.15) is 36.5 Å². The van der Waals surface area contributed by atoms with Crippen LogP contribution in [0.5, 0.6) is 5.75 Å². The van der Waals surface area contributed by atoms with E-state index in [4.69, 9.17) is 14.2 Å². The second-order valence-electron chi connectivity index (χ2n) is 8.63. The number of amides is 2. The summed E-state index contributed by atoms with van der Waals surface area (Å²) in [4.78, 5) is 58.2. The fourth-order valence-corrected chi connectivity index (χ4v) is 3.47. The zero-order valence-corrected chi connectivity index (χ0v) is 20.9. The number of ether oxygens (including phenoxy) is 3. The monoisotopic (exact) mass is 540 g/mol. The first-order valence-corrected chi connectivity index (χ1v) is 11.8. The van der Waals surface area contributed by atoms with E-state index in [1.54, 1.807) is 0 Å². The zero-order valence-electron chi connectivity index (χ0n) is 20.9. The fraction of sp³-hybridized carbons (Fsp3) is 0.542. The minimum absolute atomic E-state index is 0.0133. The lowest BCUT2D eigenvalue weighted by molar-refractivity contribution is -0.271. The van der Waals surface area contributed by atoms with Crippen LogP contribution in [0.4, 0.5) is 0 Å². The molecule has 0 aliphatic carbocycles. The van der Waals surface area contributed by atoms with Gasteiger partial charge in [0.2, 0.25) is 12.2 Å². The number of esters is 1. The molecule has 2 amide bonds. The van der Waals surface area contributed by atoms with Crippen molar-refractivity contribution in [1.82, 2.24) is 10.6 Å². The van der Waals surface area contributed by atoms with Gasteiger partial charge in [-0.05, 0) is 31.0 Å². The highest BCUT2D eigenvalue weighted by Crippen LogP contribution is 2.28. The van der Waals surface area contributed by atoms with Gasteiger partial charge in [-0.25, -0.2) is 4.79 Å². The van der Waals surface area contributed by atoms with E-state index in [1.165, 1.54) is 32.0 Å². The Hall–Kier alpha value is -3.59. The fourth-order valence-electron chi connectivity index (χ4n) is 3.47. The van der Waals surface area contributed by atoms with Crippen LogP contribution in [0.3, 0.4) is 0 Å². The number of nitrogens with one attached hydrogen (secondary N) is 2. The van der Waals surface area contributed by atoms with E-state index in [9.17, 15) is 44.4 Å². The molecule has 5 atom stereocenters. The number of carboxylic acid groups (broad SMARTS) is 1. The van der Waals surface area contributed by atoms with Gasteiger partial charge in [0.05, 0.1) is 5.56 Å². The summed E-state index contributed by atoms with van der Waals surface area (Å²) in [6.07, 6.45) is -8.48. The zero-order chi connectivity index (χ0) is 28.4. The number of aliphatic hydroxyl groups is 3. The molecule has 0 radical (unpaired) electrons. The Labute approximate surface area is 217 Å². The number of aliphatic carboxylic acids is 1. The minimum atomic E-state index is -1.92. The van der Waals surface area contributed by atoms with Crippen LogP contribution in [0, 0.1) is 0 Å². The molecule has 0 saturated carbocycles. The molecule has 1 aromatic rings. The van der Waals surface area contributed by atoms with Gasteiger partial charge in [0.15, 0.2) is 6.10 Å². The minimum Gasteiger partial charge on any atom is -0.479 e. The largest absolute Gasteiger partial charge is 0.479 e. The Bertz CT molecular complexity index is 1030. The third-order valence-corrected chi connectivity index (χ3v) is 5.45. The lowest BCUT2D eigenvalue weighted by atomic mass is 9.99. The predicted octanol–water partition coefficient (Wildman–Crippen LogP) is -1.37. The van der Waals surface area contributed by atoms with Gasteiger partial charge in [-0.2, -0.15) is 0 Å². The van der Waals surface area contributed by atoms with E-state index in [2.05, 4.69) is 10.6 Å². The van der Waals surface area contributed by atoms with Gasteiger partial charge in [-0.15, -0.1) is 0 Å². The number of rotatable bonds is 13. The molecule has 1 fully saturated rings. The van der Waals surface area contributed by atoms with Crippen molar-refractivity contribution < 1.29 is 58.6 Å². The van der Waals surface area contributed by atoms with Crippen LogP contribution in [-0.2, 0) is 35.3 Å². The van der Waals surface area contributed by atoms with Crippen LogP contribution in [0.1, 0.15) is 49.0 Å². The Morgan fingerprint density at radius 3 is 2.26 bits per heavy atom. The molecule has 1 aliphatic rings. The van der Waals surface area contributed by atoms with Gasteiger partial charge in [0, 0.05) is 32.9 Å². The summed E-state index contributed by atoms with van der Waals surface area (Å²) < 4.78 is 15.6. The average molecular weight is 541 g/mol. The molecule has 14 heteroatoms. The Balaban J connectivity index is 2.12. The van der Waals surface area contributed by atoms with E-state index in [0.717, 1.165) is 0 Å². The number of Topliss-reactive ketones (excluding diaryl/α,β-unsaturated/α-hetero) is 1. The smallest absolute Gasteiger partial charge is 0.335 e. The highest BCUT2D eigenvalue weighted by Gasteiger charge is 2.48. The summed E-state index contributed by atoms with van der Waals surface area (Å²) in [5.41, 5.74) is 0.297. The molecule has 1 heterocycles. The van der Waals surface area contributed by atoms with Crippen LogP contribution in [-0.4, -0.2) is 93.8 Å². The maximum Gasteiger partial charge on any atom is 0.335 e. The second-order valence-corrected chi connectivity index (χ2v) is 8.63. The van der Waals surface area contributed by atoms with Crippen molar-refractivity contribution in [2.75, 3.05) is 13.1 Å². The summed E-state index contributed by atoms with van der Waals surface area (Å²) in [5, 5.41) is 44.5. The van der Waals surface area contributed by atoms with Crippen molar-refractivity contribution in [3.05, 3.63) is 29.3 Å². The van der Waals surface area contributed by atoms with Gasteiger partial charge < -0.3 is 50.1 Å². The SMILES string of the molecule is CC(=O)CCCC(=O)NCCNC(=O)c1cc(COC(C)=O)ccc1O[C@@H]1O[C@H](C(=O)O)[C@@H](O)[C@H](O)[C@H]1O. The quantitative estimate of drug-likeness (QED) is 0.126. The van der Waals surface area contributed by atoms with Crippen LogP contribution in [0.2, 0.25) is 0 Å². The molecule has 0 unspecified atom stereocenters. The van der Waals surface area contributed by atoms with Gasteiger partial charge in [-0.3, -0.25) is 14.4 Å². The summed E-state index contributed by atoms with van der Waals surface area (Å²) in [6, 6.07) is 4.09. The van der Waals surface area contributed by atoms with Crippen molar-refractivity contribution >= 4 is 29.5 Å². The van der Waals surface area contributed by atoms with E-state index >= 15 is 0 Å². The summed E-state index contributed by atoms with van der Waals surface area (Å²) in [7, 11) is 0. The summed E-state index contributed by atoms with van der Waals surface area (Å²) in [6.45, 7) is 2.58. The molecule has 0 spiro atoms. The van der Waals surface area contributed by atoms with Crippen molar-refractivity contribution in [1.29, 1.82) is 0 Å². The normalized spacial score (nSPS) is 22.7. The lowest BCUT2D eigenvalue weighted by Crippen LogP contribution is -2.61. The summed E-state index contributed by atoms with van der Waals surface area (Å²) in [5.74, 6) is -3.31. The van der Waals surface area contributed by atoms with Crippen LogP contribution >= 0.6 is 0 Å². The van der Waals surface area contributed by atoms with E-state index in [-0.39, 0.29) is 49.1 Å². The molecular weight excluding hydrogens is 508 g/mol. The Morgan fingerprint density at radius 2 is 1.63 bits per heavy atom. The number of carbonyl (C=O) groups excluding carboxylic acids is 4. The van der Waals surface area contributed by atoms with Crippen LogP contribution in [0.15, 0.2) is 18.2 Å². The number of carbonyl (C=O) groups is 5. The molecular formula is C24H32N2O12. The van der Waals surface area contributed by atoms with Gasteiger partial charge in [0.25, 0.3) is 5.91 Å². The van der Waals surface area contributed by atoms with E-state index in [1.807, 2.05) is 0 Å². The third kappa shape index (κ3) is 9.06. The molecule has 6 N–H and O–H groups in total. The van der Waals surface area contributed by atoms with E-state index in [0.29, 0.717) is 18.4 Å². The maximum atomic E-state index is 12.9. The highest BCUT2D eigenvalue weighted by molar-refractivity contribution is 5.97. The van der Waals surface area contributed by atoms with Crippen molar-refractivity contribution in [3.63, 3.8) is 0 Å². The second kappa shape index (κ2) is 14.4. The van der Waals surface area contributed by atoms with E-state index < -0.39 is 48.6 Å². The summed E-state index contributed by atoms with van der Waals surface area (Å²) >= 11 is 0. The number of aliphatic hydroxyl groups excluding tert-OH is 3. The molecule has 2 rings (SSSR count). The van der Waals surface area contributed by atoms with Crippen molar-refractivity contribution in [3.8, 4) is 5.75 Å². The van der Waals surface area contributed by atoms with Gasteiger partial charge >= 0.3 is 11.9 Å². The molecule has 1 aliphatic heterocycles. The standard InChI is InChI=1S/C24H32N2O12/c1-12(27)4-3-5-17(29)25-8-9-26-22(33)15-10-14(11-36-13(2)28)6-7-16(15)37-24-20(32)18(30)19(31)21(38-24)23(34)35/h6-7,10,18-21,24,30-32H,3-5,8-9,11H2,1-2H3,(H,25,29)(H,26,33)(H,34,35)/t18-,19-,20+,21-,24+/m0/s1. The molecule has 14 nitrogen and oxygen atoms in total. The van der Waals surface area contributed by atoms with Crippen molar-refractivity contribution in [2.45, 2.75) is 70.4 Å². The first-order valence-electron chi connectivity index (χ1n) is 11.8. The highest BCUT2D eigenvalue weighted by atomic mass is 16.7. The first kappa shape index (κ1) is 30.6. The maximum absolute atomic E-state index is 12.9. The average Bonchev–Trinajstić information content (AvgIpc) is 2.85. The number of benzene rings is 1. The number of ketones is 1. The predicted molar refractivity (Wildman–Crippen MR) is 127 cm³/mol. The van der Waals surface area contributed by atoms with Gasteiger partial charge in [-0.1, -0.05) is 6.07 Å². The lowest BCUT2D eigenvalue weighted by Gasteiger charge is -2.38. The van der Waals surface area contributed by atoms with Crippen molar-refractivity contribution in [2.24, 2.45) is 0 Å². The molecule has 0 aromatic heterocycles. The van der Waals surface area contributed by atoms with Crippen LogP contribution < -0.4 is 15.4 Å². The molecule has 1 aromatic carbocycles. The topological polar surface area (TPSA) is 218 Å². The molecule has 0 bridgehead atoms. The number of hydrogen-bond donors (Lipinski definition) is 6. The van der Waals surface area contributed by atoms with Crippen LogP contribution in [0.25, 0.3) is 0 Å². The molecule has 210 valence electrons. The Morgan fingerprint density at radius 1 is 0.947 bits per heavy atom. The first-order chi connectivity index (χ1) is 17.9. The Kier molecular flexibility index (Phi) is 11.6. The molecule has 38 heavy (non-hydrogen) atoms. The third-order valence-electron chi connectivity index (χ3n) is 5.45. The molecule has 1 saturated heterocycles.